The number of fused-ring (bicyclic) bond motifs is 3. The van der Waals surface area contributed by atoms with Crippen LogP contribution in [0.1, 0.15) is 25.0 Å². The minimum Gasteiger partial charge on any atom is -0.330 e. The van der Waals surface area contributed by atoms with E-state index in [-0.39, 0.29) is 5.91 Å². The van der Waals surface area contributed by atoms with Crippen LogP contribution in [0.15, 0.2) is 84.9 Å². The Balaban J connectivity index is 1.47. The van der Waals surface area contributed by atoms with Crippen LogP contribution in [0.5, 0.6) is 0 Å². The number of carbonyl (C=O) groups is 1. The molecule has 6 nitrogen and oxygen atoms in total. The highest BCUT2D eigenvalue weighted by Crippen LogP contribution is 2.35. The van der Waals surface area contributed by atoms with Gasteiger partial charge in [0.05, 0.1) is 17.4 Å². The summed E-state index contributed by atoms with van der Waals surface area (Å²) in [4.78, 5) is 12.4. The number of nitrogens with two attached hydrogens (primary N) is 2. The molecule has 9 heteroatoms. The van der Waals surface area contributed by atoms with Gasteiger partial charge >= 0.3 is 6.18 Å². The fourth-order valence-electron chi connectivity index (χ4n) is 4.66. The number of hydrogen-bond donors (Lipinski definition) is 3. The predicted octanol–water partition coefficient (Wildman–Crippen LogP) is 6.26. The van der Waals surface area contributed by atoms with E-state index in [1.807, 2.05) is 54.6 Å². The number of aromatic nitrogens is 2. The summed E-state index contributed by atoms with van der Waals surface area (Å²) >= 11 is 0. The van der Waals surface area contributed by atoms with Crippen molar-refractivity contribution in [2.24, 2.45) is 11.5 Å². The molecule has 0 aliphatic heterocycles. The molecular weight excluding hydrogens is 503 g/mol. The summed E-state index contributed by atoms with van der Waals surface area (Å²) in [7, 11) is 0. The van der Waals surface area contributed by atoms with E-state index < -0.39 is 17.9 Å². The molecule has 0 aliphatic rings. The highest BCUT2D eigenvalue weighted by molar-refractivity contribution is 6.08. The van der Waals surface area contributed by atoms with E-state index >= 15 is 0 Å². The van der Waals surface area contributed by atoms with Crippen LogP contribution >= 0.6 is 0 Å². The van der Waals surface area contributed by atoms with E-state index in [1.165, 1.54) is 4.68 Å². The maximum Gasteiger partial charge on any atom is 0.435 e. The van der Waals surface area contributed by atoms with Crippen molar-refractivity contribution in [3.8, 4) is 16.9 Å². The first kappa shape index (κ1) is 26.4. The van der Waals surface area contributed by atoms with Gasteiger partial charge in [0.25, 0.3) is 0 Å². The first-order valence-corrected chi connectivity index (χ1v) is 12.7. The second kappa shape index (κ2) is 10.9. The summed E-state index contributed by atoms with van der Waals surface area (Å²) in [5.74, 6) is -0.331. The predicted molar refractivity (Wildman–Crippen MR) is 149 cm³/mol. The van der Waals surface area contributed by atoms with Crippen LogP contribution in [0.4, 0.5) is 18.9 Å². The molecule has 5 rings (SSSR count). The van der Waals surface area contributed by atoms with E-state index in [9.17, 15) is 18.0 Å². The van der Waals surface area contributed by atoms with Crippen LogP contribution < -0.4 is 16.8 Å². The Morgan fingerprint density at radius 2 is 1.62 bits per heavy atom. The number of amides is 1. The summed E-state index contributed by atoms with van der Waals surface area (Å²) in [5.41, 5.74) is 12.3. The Morgan fingerprint density at radius 1 is 0.897 bits per heavy atom. The number of nitrogens with one attached hydrogen (secondary N) is 1. The lowest BCUT2D eigenvalue weighted by molar-refractivity contribution is -0.141. The summed E-state index contributed by atoms with van der Waals surface area (Å²) in [6.07, 6.45) is -2.56. The molecular formula is C30H28F3N5O. The van der Waals surface area contributed by atoms with Crippen molar-refractivity contribution in [2.45, 2.75) is 31.5 Å². The molecule has 1 heterocycles. The lowest BCUT2D eigenvalue weighted by atomic mass is 9.99. The monoisotopic (exact) mass is 531 g/mol. The first-order chi connectivity index (χ1) is 18.7. The molecule has 1 atom stereocenters. The number of unbranched alkanes of at least 4 members (excludes halogenated alkanes) is 1. The number of benzene rings is 4. The molecule has 0 radical (unpaired) electrons. The van der Waals surface area contributed by atoms with Crippen molar-refractivity contribution in [1.82, 2.24) is 9.78 Å². The van der Waals surface area contributed by atoms with Gasteiger partial charge in [-0.15, -0.1) is 0 Å². The second-order valence-electron chi connectivity index (χ2n) is 9.47. The Morgan fingerprint density at radius 3 is 2.36 bits per heavy atom. The van der Waals surface area contributed by atoms with Crippen LogP contribution in [0.2, 0.25) is 0 Å². The van der Waals surface area contributed by atoms with Crippen molar-refractivity contribution < 1.29 is 18.0 Å². The van der Waals surface area contributed by atoms with Crippen LogP contribution in [-0.4, -0.2) is 28.3 Å². The quantitative estimate of drug-likeness (QED) is 0.163. The van der Waals surface area contributed by atoms with Gasteiger partial charge in [-0.25, -0.2) is 4.68 Å². The van der Waals surface area contributed by atoms with Gasteiger partial charge in [-0.2, -0.15) is 18.3 Å². The van der Waals surface area contributed by atoms with Gasteiger partial charge in [0, 0.05) is 11.3 Å². The number of nitrogens with zero attached hydrogens (tertiary/aromatic N) is 2. The molecule has 1 aromatic heterocycles. The minimum atomic E-state index is -4.61. The zero-order chi connectivity index (χ0) is 27.6. The summed E-state index contributed by atoms with van der Waals surface area (Å²) in [5, 5.41) is 10.7. The third kappa shape index (κ3) is 5.64. The van der Waals surface area contributed by atoms with E-state index in [0.717, 1.165) is 40.5 Å². The zero-order valence-electron chi connectivity index (χ0n) is 21.1. The number of halogens is 3. The van der Waals surface area contributed by atoms with Crippen molar-refractivity contribution in [1.29, 1.82) is 0 Å². The van der Waals surface area contributed by atoms with Crippen LogP contribution in [-0.2, 0) is 11.0 Å². The van der Waals surface area contributed by atoms with E-state index in [0.29, 0.717) is 35.6 Å². The zero-order valence-corrected chi connectivity index (χ0v) is 21.1. The topological polar surface area (TPSA) is 99.0 Å². The average Bonchev–Trinajstić information content (AvgIpc) is 3.39. The molecule has 0 saturated heterocycles. The highest BCUT2D eigenvalue weighted by Gasteiger charge is 2.35. The number of anilines is 1. The summed E-state index contributed by atoms with van der Waals surface area (Å²) in [6.45, 7) is 0.539. The smallest absolute Gasteiger partial charge is 0.330 e. The molecule has 1 amide bonds. The number of alkyl halides is 3. The van der Waals surface area contributed by atoms with Gasteiger partial charge in [0.15, 0.2) is 5.69 Å². The van der Waals surface area contributed by atoms with Gasteiger partial charge in [-0.1, -0.05) is 55.0 Å². The fourth-order valence-corrected chi connectivity index (χ4v) is 4.66. The number of carbonyl (C=O) groups excluding carboxylic acids is 1. The van der Waals surface area contributed by atoms with Crippen LogP contribution in [0.3, 0.4) is 0 Å². The molecule has 0 aliphatic carbocycles. The van der Waals surface area contributed by atoms with E-state index in [1.54, 1.807) is 24.3 Å². The maximum absolute atomic E-state index is 13.7. The summed E-state index contributed by atoms with van der Waals surface area (Å²) in [6, 6.07) is 24.4. The molecule has 5 aromatic rings. The molecule has 0 bridgehead atoms. The second-order valence-corrected chi connectivity index (χ2v) is 9.47. The average molecular weight is 532 g/mol. The van der Waals surface area contributed by atoms with Gasteiger partial charge in [0.2, 0.25) is 5.91 Å². The van der Waals surface area contributed by atoms with E-state index in [4.69, 9.17) is 11.5 Å². The van der Waals surface area contributed by atoms with Crippen molar-refractivity contribution in [3.05, 3.63) is 90.6 Å². The Bertz CT molecular complexity index is 1630. The SMILES string of the molecule is NCCCC[C@@H](N)C(=O)Nc1ccc(-n2nc(C(F)(F)F)cc2-c2ccc3c(ccc4ccccc43)c2)cc1. The molecule has 0 saturated carbocycles. The lowest BCUT2D eigenvalue weighted by Crippen LogP contribution is -2.35. The van der Waals surface area contributed by atoms with Crippen molar-refractivity contribution in [3.63, 3.8) is 0 Å². The van der Waals surface area contributed by atoms with Gasteiger partial charge in [0.1, 0.15) is 0 Å². The Labute approximate surface area is 223 Å². The standard InChI is InChI=1S/C30H28F3N5O/c31-30(32,33)28-18-27(21-10-15-25-20(17-21)9-8-19-5-1-2-6-24(19)25)38(37-28)23-13-11-22(12-14-23)36-29(39)26(35)7-3-4-16-34/h1-2,5-6,8-15,17-18,26H,3-4,7,16,34-35H2,(H,36,39)/t26-/m1/s1. The van der Waals surface area contributed by atoms with Crippen LogP contribution in [0, 0.1) is 0 Å². The van der Waals surface area contributed by atoms with Crippen molar-refractivity contribution in [2.75, 3.05) is 11.9 Å². The number of rotatable bonds is 8. The molecule has 0 spiro atoms. The molecule has 4 aromatic carbocycles. The van der Waals surface area contributed by atoms with Gasteiger partial charge in [-0.05, 0) is 77.3 Å². The van der Waals surface area contributed by atoms with Gasteiger partial charge < -0.3 is 16.8 Å². The third-order valence-corrected chi connectivity index (χ3v) is 6.73. The Hall–Kier alpha value is -4.21. The molecule has 5 N–H and O–H groups in total. The lowest BCUT2D eigenvalue weighted by Gasteiger charge is -2.13. The normalized spacial score (nSPS) is 12.6. The molecule has 0 unspecified atom stereocenters. The molecule has 0 fully saturated rings. The first-order valence-electron chi connectivity index (χ1n) is 12.7. The van der Waals surface area contributed by atoms with Crippen molar-refractivity contribution >= 4 is 33.1 Å². The highest BCUT2D eigenvalue weighted by atomic mass is 19.4. The fraction of sp³-hybridized carbons (Fsp3) is 0.200. The molecule has 200 valence electrons. The third-order valence-electron chi connectivity index (χ3n) is 6.73. The summed E-state index contributed by atoms with van der Waals surface area (Å²) < 4.78 is 42.4. The molecule has 39 heavy (non-hydrogen) atoms. The largest absolute Gasteiger partial charge is 0.435 e. The minimum absolute atomic E-state index is 0.302. The Kier molecular flexibility index (Phi) is 7.36. The van der Waals surface area contributed by atoms with E-state index in [2.05, 4.69) is 10.4 Å². The maximum atomic E-state index is 13.7. The van der Waals surface area contributed by atoms with Crippen LogP contribution in [0.25, 0.3) is 38.5 Å². The number of hydrogen-bond acceptors (Lipinski definition) is 4. The van der Waals surface area contributed by atoms with Gasteiger partial charge in [-0.3, -0.25) is 4.79 Å².